The summed E-state index contributed by atoms with van der Waals surface area (Å²) in [5.74, 6) is -0.00748. The fourth-order valence-electron chi connectivity index (χ4n) is 4.97. The van der Waals surface area contributed by atoms with Gasteiger partial charge in [-0.05, 0) is 54.1 Å². The van der Waals surface area contributed by atoms with Crippen molar-refractivity contribution < 1.29 is 18.3 Å². The molecule has 1 fully saturated rings. The third-order valence-electron chi connectivity index (χ3n) is 7.02. The van der Waals surface area contributed by atoms with Crippen molar-refractivity contribution in [2.24, 2.45) is 7.05 Å². The van der Waals surface area contributed by atoms with Crippen LogP contribution < -0.4 is 10.2 Å². The van der Waals surface area contributed by atoms with Gasteiger partial charge in [0.1, 0.15) is 17.2 Å². The third-order valence-corrected chi connectivity index (χ3v) is 7.02. The molecule has 3 aromatic heterocycles. The second-order valence-corrected chi connectivity index (χ2v) is 9.55. The number of hydrogen-bond donors (Lipinski definition) is 1. The van der Waals surface area contributed by atoms with Gasteiger partial charge in [0.2, 0.25) is 0 Å². The molecule has 9 heteroatoms. The number of nitrogens with zero attached hydrogens (tertiary/aromatic N) is 4. The van der Waals surface area contributed by atoms with E-state index in [1.165, 1.54) is 18.2 Å². The van der Waals surface area contributed by atoms with E-state index in [0.717, 1.165) is 48.9 Å². The minimum Gasteiger partial charge on any atom is -0.451 e. The Kier molecular flexibility index (Phi) is 6.81. The number of morpholine rings is 1. The van der Waals surface area contributed by atoms with E-state index in [2.05, 4.69) is 39.5 Å². The summed E-state index contributed by atoms with van der Waals surface area (Å²) in [5, 5.41) is 3.59. The summed E-state index contributed by atoms with van der Waals surface area (Å²) in [4.78, 5) is 24.8. The Morgan fingerprint density at radius 1 is 1.05 bits per heavy atom. The number of imidazole rings is 1. The zero-order valence-electron chi connectivity index (χ0n) is 21.5. The van der Waals surface area contributed by atoms with Gasteiger partial charge in [0, 0.05) is 49.5 Å². The first-order valence-corrected chi connectivity index (χ1v) is 12.9. The molecule has 1 saturated heterocycles. The van der Waals surface area contributed by atoms with Gasteiger partial charge in [-0.3, -0.25) is 9.78 Å². The molecule has 8 nitrogen and oxygen atoms in total. The molecule has 5 aromatic rings. The molecule has 39 heavy (non-hydrogen) atoms. The predicted molar refractivity (Wildman–Crippen MR) is 146 cm³/mol. The third kappa shape index (κ3) is 5.26. The monoisotopic (exact) mass is 525 g/mol. The number of rotatable bonds is 7. The van der Waals surface area contributed by atoms with Crippen molar-refractivity contribution in [3.05, 3.63) is 102 Å². The summed E-state index contributed by atoms with van der Waals surface area (Å²) >= 11 is 0. The molecule has 1 N–H and O–H groups in total. The highest BCUT2D eigenvalue weighted by Gasteiger charge is 2.24. The number of aromatic nitrogens is 3. The number of pyridine rings is 1. The molecule has 0 aliphatic carbocycles. The smallest absolute Gasteiger partial charge is 0.287 e. The lowest BCUT2D eigenvalue weighted by atomic mass is 10.1. The zero-order chi connectivity index (χ0) is 26.8. The summed E-state index contributed by atoms with van der Waals surface area (Å²) in [6, 6.07) is 19.3. The van der Waals surface area contributed by atoms with Crippen LogP contribution in [0.3, 0.4) is 0 Å². The summed E-state index contributed by atoms with van der Waals surface area (Å²) in [6.45, 7) is 3.23. The second kappa shape index (κ2) is 10.7. The Morgan fingerprint density at radius 2 is 1.87 bits per heavy atom. The van der Waals surface area contributed by atoms with Crippen LogP contribution in [0.2, 0.25) is 0 Å². The second-order valence-electron chi connectivity index (χ2n) is 9.55. The quantitative estimate of drug-likeness (QED) is 0.325. The van der Waals surface area contributed by atoms with E-state index in [4.69, 9.17) is 14.1 Å². The topological polar surface area (TPSA) is 85.4 Å². The molecule has 1 unspecified atom stereocenters. The summed E-state index contributed by atoms with van der Waals surface area (Å²) in [5.41, 5.74) is 4.38. The molecule has 0 radical (unpaired) electrons. The van der Waals surface area contributed by atoms with Crippen LogP contribution in [0.25, 0.3) is 22.2 Å². The van der Waals surface area contributed by atoms with Crippen molar-refractivity contribution in [1.29, 1.82) is 0 Å². The van der Waals surface area contributed by atoms with Gasteiger partial charge in [-0.2, -0.15) is 0 Å². The molecule has 2 aromatic carbocycles. The van der Waals surface area contributed by atoms with E-state index >= 15 is 0 Å². The van der Waals surface area contributed by atoms with Crippen LogP contribution in [-0.2, 0) is 18.2 Å². The highest BCUT2D eigenvalue weighted by Crippen LogP contribution is 2.28. The van der Waals surface area contributed by atoms with Crippen molar-refractivity contribution >= 4 is 22.6 Å². The minimum absolute atomic E-state index is 0.106. The molecule has 4 heterocycles. The van der Waals surface area contributed by atoms with Crippen LogP contribution in [0, 0.1) is 5.82 Å². The molecule has 1 amide bonds. The number of nitrogens with one attached hydrogen (secondary N) is 1. The number of halogens is 1. The Bertz CT molecular complexity index is 1590. The van der Waals surface area contributed by atoms with E-state index in [9.17, 15) is 9.18 Å². The van der Waals surface area contributed by atoms with Crippen LogP contribution in [0.5, 0.6) is 0 Å². The van der Waals surface area contributed by atoms with E-state index < -0.39 is 11.9 Å². The average molecular weight is 526 g/mol. The van der Waals surface area contributed by atoms with Crippen LogP contribution in [0.4, 0.5) is 10.1 Å². The van der Waals surface area contributed by atoms with Gasteiger partial charge in [0.05, 0.1) is 31.1 Å². The molecular formula is C30H28FN5O3. The number of hydrogen-bond acceptors (Lipinski definition) is 6. The van der Waals surface area contributed by atoms with Gasteiger partial charge in [0.25, 0.3) is 5.91 Å². The van der Waals surface area contributed by atoms with Gasteiger partial charge in [-0.15, -0.1) is 0 Å². The van der Waals surface area contributed by atoms with Crippen LogP contribution in [-0.4, -0.2) is 46.7 Å². The van der Waals surface area contributed by atoms with Crippen LogP contribution >= 0.6 is 0 Å². The molecule has 0 bridgehead atoms. The molecule has 6 rings (SSSR count). The number of benzene rings is 2. The number of ether oxygens (including phenoxy) is 1. The molecule has 1 aliphatic rings. The number of carbonyl (C=O) groups excluding carboxylic acids is 1. The Labute approximate surface area is 225 Å². The number of amides is 1. The number of anilines is 1. The number of carbonyl (C=O) groups is 1. The van der Waals surface area contributed by atoms with E-state index in [-0.39, 0.29) is 11.6 Å². The number of furan rings is 1. The van der Waals surface area contributed by atoms with E-state index in [1.54, 1.807) is 12.3 Å². The van der Waals surface area contributed by atoms with Gasteiger partial charge >= 0.3 is 0 Å². The molecule has 1 atom stereocenters. The first kappa shape index (κ1) is 24.8. The van der Waals surface area contributed by atoms with Gasteiger partial charge in [0.15, 0.2) is 5.76 Å². The molecule has 0 spiro atoms. The predicted octanol–water partition coefficient (Wildman–Crippen LogP) is 4.92. The van der Waals surface area contributed by atoms with Crippen LogP contribution in [0.15, 0.2) is 83.5 Å². The fraction of sp³-hybridized carbons (Fsp3) is 0.233. The van der Waals surface area contributed by atoms with Crippen LogP contribution in [0.1, 0.15) is 28.1 Å². The summed E-state index contributed by atoms with van der Waals surface area (Å²) < 4.78 is 26.8. The fourth-order valence-corrected chi connectivity index (χ4v) is 4.97. The maximum absolute atomic E-state index is 13.7. The molecular weight excluding hydrogens is 497 g/mol. The van der Waals surface area contributed by atoms with Gasteiger partial charge in [-0.1, -0.05) is 18.2 Å². The Morgan fingerprint density at radius 3 is 2.64 bits per heavy atom. The van der Waals surface area contributed by atoms with Gasteiger partial charge in [-0.25, -0.2) is 9.37 Å². The standard InChI is InChI=1S/C30H28FN5O3/c1-35-26(20-5-8-24(9-6-20)36-12-14-38-15-13-36)19-33-29(35)25(18-23-4-2-3-11-32-23)34-30(37)28-17-21-16-22(31)7-10-27(21)39-28/h2-11,16-17,19,25H,12-15,18H2,1H3,(H,34,37). The number of fused-ring (bicyclic) bond motifs is 1. The SMILES string of the molecule is Cn1c(-c2ccc(N3CCOCC3)cc2)cnc1C(Cc1ccccn1)NC(=O)c1cc2cc(F)ccc2o1. The van der Waals surface area contributed by atoms with E-state index in [0.29, 0.717) is 23.2 Å². The lowest BCUT2D eigenvalue weighted by molar-refractivity contribution is 0.0908. The van der Waals surface area contributed by atoms with Crippen molar-refractivity contribution in [3.63, 3.8) is 0 Å². The van der Waals surface area contributed by atoms with Gasteiger partial charge < -0.3 is 23.9 Å². The Hall–Kier alpha value is -4.50. The molecule has 1 aliphatic heterocycles. The molecule has 0 saturated carbocycles. The van der Waals surface area contributed by atoms with Crippen molar-refractivity contribution in [1.82, 2.24) is 19.9 Å². The average Bonchev–Trinajstić information content (AvgIpc) is 3.57. The van der Waals surface area contributed by atoms with Crippen molar-refractivity contribution in [2.75, 3.05) is 31.2 Å². The maximum atomic E-state index is 13.7. The largest absolute Gasteiger partial charge is 0.451 e. The van der Waals surface area contributed by atoms with Crippen molar-refractivity contribution in [3.8, 4) is 11.3 Å². The highest BCUT2D eigenvalue weighted by molar-refractivity contribution is 5.96. The van der Waals surface area contributed by atoms with E-state index in [1.807, 2.05) is 36.0 Å². The first-order chi connectivity index (χ1) is 19.0. The summed E-state index contributed by atoms with van der Waals surface area (Å²) in [6.07, 6.45) is 3.98. The lowest BCUT2D eigenvalue weighted by Crippen LogP contribution is -2.36. The Balaban J connectivity index is 1.28. The molecule has 198 valence electrons. The first-order valence-electron chi connectivity index (χ1n) is 12.9. The lowest BCUT2D eigenvalue weighted by Gasteiger charge is -2.28. The zero-order valence-corrected chi connectivity index (χ0v) is 21.5. The normalized spacial score (nSPS) is 14.5. The maximum Gasteiger partial charge on any atom is 0.287 e. The minimum atomic E-state index is -0.483. The van der Waals surface area contributed by atoms with Crippen molar-refractivity contribution in [2.45, 2.75) is 12.5 Å². The highest BCUT2D eigenvalue weighted by atomic mass is 19.1. The summed E-state index contributed by atoms with van der Waals surface area (Å²) in [7, 11) is 1.94.